The molecule has 3 unspecified atom stereocenters. The zero-order valence-electron chi connectivity index (χ0n) is 19.1. The Morgan fingerprint density at radius 3 is 2.17 bits per heavy atom. The molecule has 0 spiro atoms. The molecule has 0 aromatic heterocycles. The Morgan fingerprint density at radius 1 is 0.943 bits per heavy atom. The van der Waals surface area contributed by atoms with Crippen molar-refractivity contribution in [1.82, 2.24) is 16.0 Å². The van der Waals surface area contributed by atoms with E-state index in [4.69, 9.17) is 22.9 Å². The van der Waals surface area contributed by atoms with Crippen LogP contribution in [0.5, 0.6) is 0 Å². The molecule has 0 aliphatic heterocycles. The van der Waals surface area contributed by atoms with Gasteiger partial charge in [0.1, 0.15) is 12.1 Å². The summed E-state index contributed by atoms with van der Waals surface area (Å²) in [5.74, 6) is -4.71. The number of amides is 4. The average Bonchev–Trinajstić information content (AvgIpc) is 2.78. The number of carboxylic acid groups (broad SMARTS) is 1. The van der Waals surface area contributed by atoms with Crippen LogP contribution >= 0.6 is 0 Å². The Kier molecular flexibility index (Phi) is 12.2. The Balaban J connectivity index is 2.64. The third-order valence-electron chi connectivity index (χ3n) is 4.68. The molecule has 0 saturated carbocycles. The van der Waals surface area contributed by atoms with Crippen molar-refractivity contribution in [3.05, 3.63) is 35.9 Å². The summed E-state index contributed by atoms with van der Waals surface area (Å²) in [6.45, 7) is -0.375. The molecule has 0 aliphatic rings. The number of rotatable bonds is 15. The fraction of sp³-hybridized carbons (Fsp3) is 0.429. The molecule has 12 N–H and O–H groups in total. The van der Waals surface area contributed by atoms with E-state index < -0.39 is 60.7 Å². The minimum atomic E-state index is -1.45. The number of carbonyl (C=O) groups is 5. The second-order valence-corrected chi connectivity index (χ2v) is 7.65. The molecule has 1 aromatic rings. The first-order valence-corrected chi connectivity index (χ1v) is 10.7. The van der Waals surface area contributed by atoms with Gasteiger partial charge in [-0.3, -0.25) is 24.2 Å². The first kappa shape index (κ1) is 28.8. The molecule has 1 aromatic carbocycles. The maximum absolute atomic E-state index is 12.5. The molecule has 35 heavy (non-hydrogen) atoms. The van der Waals surface area contributed by atoms with E-state index in [1.165, 1.54) is 0 Å². The molecule has 0 aliphatic carbocycles. The molecule has 14 nitrogen and oxygen atoms in total. The summed E-state index contributed by atoms with van der Waals surface area (Å²) in [6.07, 6.45) is -0.0954. The molecule has 0 radical (unpaired) electrons. The highest BCUT2D eigenvalue weighted by molar-refractivity contribution is 5.95. The van der Waals surface area contributed by atoms with Crippen molar-refractivity contribution < 1.29 is 29.1 Å². The number of primary amides is 1. The maximum atomic E-state index is 12.5. The van der Waals surface area contributed by atoms with Gasteiger partial charge in [-0.25, -0.2) is 4.79 Å². The van der Waals surface area contributed by atoms with Crippen molar-refractivity contribution in [2.24, 2.45) is 27.9 Å². The molecule has 4 amide bonds. The van der Waals surface area contributed by atoms with Crippen LogP contribution in [0.4, 0.5) is 0 Å². The number of carbonyl (C=O) groups excluding carboxylic acids is 4. The van der Waals surface area contributed by atoms with Crippen LogP contribution in [0.3, 0.4) is 0 Å². The minimum Gasteiger partial charge on any atom is -0.480 e. The number of benzene rings is 1. The van der Waals surface area contributed by atoms with Crippen molar-refractivity contribution in [3.8, 4) is 0 Å². The van der Waals surface area contributed by atoms with Gasteiger partial charge in [0.05, 0.1) is 19.0 Å². The fourth-order valence-electron chi connectivity index (χ4n) is 2.95. The highest BCUT2D eigenvalue weighted by atomic mass is 16.4. The van der Waals surface area contributed by atoms with Crippen molar-refractivity contribution in [3.63, 3.8) is 0 Å². The predicted octanol–water partition coefficient (Wildman–Crippen LogP) is -3.34. The Morgan fingerprint density at radius 2 is 1.60 bits per heavy atom. The number of aliphatic imine (C=N–C) groups is 1. The highest BCUT2D eigenvalue weighted by Crippen LogP contribution is 2.03. The number of aliphatic carboxylic acids is 1. The van der Waals surface area contributed by atoms with Gasteiger partial charge in [0.15, 0.2) is 5.96 Å². The zero-order chi connectivity index (χ0) is 26.4. The minimum absolute atomic E-state index is 0.00947. The zero-order valence-corrected chi connectivity index (χ0v) is 19.1. The van der Waals surface area contributed by atoms with Crippen molar-refractivity contribution in [2.45, 2.75) is 43.8 Å². The van der Waals surface area contributed by atoms with Crippen LogP contribution < -0.4 is 38.9 Å². The van der Waals surface area contributed by atoms with Crippen LogP contribution in [-0.4, -0.2) is 71.9 Å². The number of guanidine groups is 1. The molecule has 1 rings (SSSR count). The summed E-state index contributed by atoms with van der Waals surface area (Å²) < 4.78 is 0. The highest BCUT2D eigenvalue weighted by Gasteiger charge is 2.28. The molecule has 192 valence electrons. The van der Waals surface area contributed by atoms with Gasteiger partial charge in [0.2, 0.25) is 23.6 Å². The van der Waals surface area contributed by atoms with Crippen LogP contribution in [-0.2, 0) is 30.4 Å². The molecule has 14 heteroatoms. The summed E-state index contributed by atoms with van der Waals surface area (Å²) in [6, 6.07) is 5.35. The van der Waals surface area contributed by atoms with Gasteiger partial charge in [-0.1, -0.05) is 30.3 Å². The van der Waals surface area contributed by atoms with Crippen LogP contribution in [0, 0.1) is 0 Å². The van der Waals surface area contributed by atoms with Crippen LogP contribution in [0.1, 0.15) is 24.8 Å². The smallest absolute Gasteiger partial charge is 0.326 e. The second-order valence-electron chi connectivity index (χ2n) is 7.65. The maximum Gasteiger partial charge on any atom is 0.326 e. The van der Waals surface area contributed by atoms with E-state index in [9.17, 15) is 29.1 Å². The molecule has 3 atom stereocenters. The van der Waals surface area contributed by atoms with Gasteiger partial charge in [0, 0.05) is 6.54 Å². The molecule has 0 saturated heterocycles. The number of hydrogen-bond acceptors (Lipinski definition) is 7. The SMILES string of the molecule is NC(=O)CC(NC(=O)CNC(=O)C(N)Cc1ccccc1)C(=O)NC(CCCN=C(N)N)C(=O)O. The van der Waals surface area contributed by atoms with Gasteiger partial charge in [-0.15, -0.1) is 0 Å². The lowest BCUT2D eigenvalue weighted by molar-refractivity contribution is -0.142. The first-order valence-electron chi connectivity index (χ1n) is 10.7. The van der Waals surface area contributed by atoms with E-state index >= 15 is 0 Å². The van der Waals surface area contributed by atoms with Crippen molar-refractivity contribution in [2.75, 3.05) is 13.1 Å². The van der Waals surface area contributed by atoms with Crippen LogP contribution in [0.25, 0.3) is 0 Å². The summed E-state index contributed by atoms with van der Waals surface area (Å²) in [5.41, 5.74) is 22.2. The lowest BCUT2D eigenvalue weighted by atomic mass is 10.1. The number of hydrogen-bond donors (Lipinski definition) is 8. The van der Waals surface area contributed by atoms with E-state index in [0.29, 0.717) is 0 Å². The van der Waals surface area contributed by atoms with Crippen molar-refractivity contribution >= 4 is 35.6 Å². The van der Waals surface area contributed by atoms with Gasteiger partial charge < -0.3 is 44.0 Å². The molecule has 0 fully saturated rings. The van der Waals surface area contributed by atoms with Gasteiger partial charge in [-0.05, 0) is 24.8 Å². The molecule has 0 bridgehead atoms. The van der Waals surface area contributed by atoms with Crippen LogP contribution in [0.2, 0.25) is 0 Å². The average molecular weight is 493 g/mol. The number of carboxylic acids is 1. The number of nitrogens with one attached hydrogen (secondary N) is 3. The Labute approximate surface area is 201 Å². The van der Waals surface area contributed by atoms with Crippen molar-refractivity contribution in [1.29, 1.82) is 0 Å². The van der Waals surface area contributed by atoms with Gasteiger partial charge in [0.25, 0.3) is 0 Å². The number of nitrogens with zero attached hydrogens (tertiary/aromatic N) is 1. The lowest BCUT2D eigenvalue weighted by Gasteiger charge is -2.21. The third-order valence-corrected chi connectivity index (χ3v) is 4.68. The largest absolute Gasteiger partial charge is 0.480 e. The summed E-state index contributed by atoms with van der Waals surface area (Å²) in [7, 11) is 0. The third kappa shape index (κ3) is 12.0. The van der Waals surface area contributed by atoms with E-state index in [2.05, 4.69) is 20.9 Å². The number of nitrogens with two attached hydrogens (primary N) is 4. The Hall–Kier alpha value is -4.20. The van der Waals surface area contributed by atoms with E-state index in [-0.39, 0.29) is 31.8 Å². The Bertz CT molecular complexity index is 920. The fourth-order valence-corrected chi connectivity index (χ4v) is 2.95. The van der Waals surface area contributed by atoms with E-state index in [1.54, 1.807) is 24.3 Å². The summed E-state index contributed by atoms with van der Waals surface area (Å²) >= 11 is 0. The second kappa shape index (κ2) is 14.8. The van der Waals surface area contributed by atoms with Crippen LogP contribution in [0.15, 0.2) is 35.3 Å². The molecular weight excluding hydrogens is 460 g/mol. The standard InChI is InChI=1S/C21H32N8O6/c22-13(9-12-5-2-1-3-6-12)18(32)27-11-17(31)28-15(10-16(23)30)19(33)29-14(20(34)35)7-4-8-26-21(24)25/h1-3,5-6,13-15H,4,7-11,22H2,(H2,23,30)(H,27,32)(H,28,31)(H,29,33)(H,34,35)(H4,24,25,26). The van der Waals surface area contributed by atoms with Gasteiger partial charge >= 0.3 is 5.97 Å². The molecule has 0 heterocycles. The molecular formula is C21H32N8O6. The monoisotopic (exact) mass is 492 g/mol. The summed E-state index contributed by atoms with van der Waals surface area (Å²) in [4.78, 5) is 63.5. The van der Waals surface area contributed by atoms with Gasteiger partial charge in [-0.2, -0.15) is 0 Å². The topological polar surface area (TPSA) is 258 Å². The lowest BCUT2D eigenvalue weighted by Crippen LogP contribution is -2.54. The summed E-state index contributed by atoms with van der Waals surface area (Å²) in [5, 5.41) is 16.2. The quantitative estimate of drug-likeness (QED) is 0.0690. The normalized spacial score (nSPS) is 12.9. The van der Waals surface area contributed by atoms with E-state index in [1.807, 2.05) is 6.07 Å². The predicted molar refractivity (Wildman–Crippen MR) is 126 cm³/mol. The first-order chi connectivity index (χ1) is 16.5. The van der Waals surface area contributed by atoms with E-state index in [0.717, 1.165) is 5.56 Å².